The Kier molecular flexibility index (Phi) is 5.75. The van der Waals surface area contributed by atoms with E-state index in [4.69, 9.17) is 9.47 Å². The Morgan fingerprint density at radius 2 is 2.15 bits per heavy atom. The molecule has 1 rings (SSSR count). The number of alkyl carbamates (subject to hydrolysis) is 1. The molecule has 0 aromatic rings. The summed E-state index contributed by atoms with van der Waals surface area (Å²) in [5.41, 5.74) is -0.263. The van der Waals surface area contributed by atoms with Gasteiger partial charge in [-0.1, -0.05) is 0 Å². The lowest BCUT2D eigenvalue weighted by Crippen LogP contribution is -2.43. The van der Waals surface area contributed by atoms with Gasteiger partial charge in [-0.25, -0.2) is 19.9 Å². The van der Waals surface area contributed by atoms with Crippen molar-refractivity contribution in [3.8, 4) is 0 Å². The number of urea groups is 1. The molecule has 1 atom stereocenters. The molecule has 1 heterocycles. The summed E-state index contributed by atoms with van der Waals surface area (Å²) in [4.78, 5) is 26.4. The topological polar surface area (TPSA) is 98.2 Å². The summed E-state index contributed by atoms with van der Waals surface area (Å²) < 4.78 is 15.5. The molecule has 114 valence electrons. The number of nitrogens with zero attached hydrogens (tertiary/aromatic N) is 1. The van der Waals surface area contributed by atoms with Crippen LogP contribution in [0.15, 0.2) is 4.99 Å². The lowest BCUT2D eigenvalue weighted by atomic mass is 10.2. The highest BCUT2D eigenvalue weighted by Gasteiger charge is 2.24. The lowest BCUT2D eigenvalue weighted by Gasteiger charge is -2.21. The monoisotopic (exact) mass is 287 g/mol. The van der Waals surface area contributed by atoms with Gasteiger partial charge in [-0.15, -0.1) is 0 Å². The normalized spacial score (nSPS) is 18.0. The van der Waals surface area contributed by atoms with Crippen molar-refractivity contribution in [2.24, 2.45) is 4.99 Å². The minimum absolute atomic E-state index is 0.0642. The first kappa shape index (κ1) is 16.2. The Morgan fingerprint density at radius 1 is 1.45 bits per heavy atom. The number of imide groups is 1. The van der Waals surface area contributed by atoms with Crippen molar-refractivity contribution in [1.82, 2.24) is 10.6 Å². The zero-order chi connectivity index (χ0) is 15.2. The number of amides is 3. The summed E-state index contributed by atoms with van der Waals surface area (Å²) in [5, 5.41) is 4.29. The van der Waals surface area contributed by atoms with Crippen molar-refractivity contribution < 1.29 is 23.8 Å². The Balaban J connectivity index is 2.27. The number of ether oxygens (including phenoxy) is 3. The largest absolute Gasteiger partial charge is 0.457 e. The maximum absolute atomic E-state index is 11.4. The predicted molar refractivity (Wildman–Crippen MR) is 71.6 cm³/mol. The van der Waals surface area contributed by atoms with E-state index in [1.54, 1.807) is 6.92 Å². The van der Waals surface area contributed by atoms with Crippen molar-refractivity contribution in [1.29, 1.82) is 0 Å². The molecule has 2 N–H and O–H groups in total. The minimum atomic E-state index is -0.823. The highest BCUT2D eigenvalue weighted by atomic mass is 16.6. The maximum Gasteiger partial charge on any atom is 0.415 e. The predicted octanol–water partition coefficient (Wildman–Crippen LogP) is 1.01. The van der Waals surface area contributed by atoms with Gasteiger partial charge in [0.2, 0.25) is 0 Å². The number of aliphatic imine (C=N–C) groups is 1. The lowest BCUT2D eigenvalue weighted by molar-refractivity contribution is -0.0386. The van der Waals surface area contributed by atoms with Crippen LogP contribution in [0.3, 0.4) is 0 Å². The second-order valence-corrected chi connectivity index (χ2v) is 5.11. The molecule has 0 spiro atoms. The van der Waals surface area contributed by atoms with Gasteiger partial charge in [-0.2, -0.15) is 0 Å². The third kappa shape index (κ3) is 6.37. The van der Waals surface area contributed by atoms with E-state index < -0.39 is 12.1 Å². The number of hydrogen-bond donors (Lipinski definition) is 2. The number of hydrogen-bond acceptors (Lipinski definition) is 6. The van der Waals surface area contributed by atoms with E-state index in [1.165, 1.54) is 0 Å². The molecule has 0 bridgehead atoms. The van der Waals surface area contributed by atoms with Crippen molar-refractivity contribution in [3.05, 3.63) is 0 Å². The number of carbonyl (C=O) groups excluding carboxylic acids is 2. The summed E-state index contributed by atoms with van der Waals surface area (Å²) in [7, 11) is 0. The SMILES string of the molecule is CCOC(=O)NC(=O)NC1=NCC(COC(C)(C)C)O1. The van der Waals surface area contributed by atoms with Gasteiger partial charge >= 0.3 is 12.1 Å². The Hall–Kier alpha value is -1.83. The van der Waals surface area contributed by atoms with Gasteiger partial charge in [-0.05, 0) is 27.7 Å². The van der Waals surface area contributed by atoms with Crippen molar-refractivity contribution in [2.75, 3.05) is 19.8 Å². The maximum atomic E-state index is 11.4. The van der Waals surface area contributed by atoms with E-state index in [0.717, 1.165) is 0 Å². The van der Waals surface area contributed by atoms with Crippen LogP contribution in [0.2, 0.25) is 0 Å². The summed E-state index contributed by atoms with van der Waals surface area (Å²) in [5.74, 6) is 0. The molecule has 8 heteroatoms. The molecule has 3 amide bonds. The number of rotatable bonds is 3. The third-order valence-electron chi connectivity index (χ3n) is 2.13. The molecule has 20 heavy (non-hydrogen) atoms. The fraction of sp³-hybridized carbons (Fsp3) is 0.750. The van der Waals surface area contributed by atoms with E-state index in [0.29, 0.717) is 13.2 Å². The van der Waals surface area contributed by atoms with Crippen LogP contribution in [0.4, 0.5) is 9.59 Å². The zero-order valence-electron chi connectivity index (χ0n) is 12.2. The molecule has 0 saturated heterocycles. The van der Waals surface area contributed by atoms with Crippen LogP contribution in [-0.2, 0) is 14.2 Å². The van der Waals surface area contributed by atoms with Crippen LogP contribution in [0.25, 0.3) is 0 Å². The molecule has 1 unspecified atom stereocenters. The zero-order valence-corrected chi connectivity index (χ0v) is 12.2. The van der Waals surface area contributed by atoms with E-state index in [-0.39, 0.29) is 24.3 Å². The van der Waals surface area contributed by atoms with Crippen LogP contribution in [-0.4, -0.2) is 49.6 Å². The molecule has 1 aliphatic rings. The number of carbonyl (C=O) groups is 2. The molecule has 0 aliphatic carbocycles. The molecule has 0 saturated carbocycles. The summed E-state index contributed by atoms with van der Waals surface area (Å²) in [6.07, 6.45) is -1.07. The summed E-state index contributed by atoms with van der Waals surface area (Å²) >= 11 is 0. The molecular weight excluding hydrogens is 266 g/mol. The molecule has 1 aliphatic heterocycles. The van der Waals surface area contributed by atoms with Crippen LogP contribution in [0, 0.1) is 0 Å². The van der Waals surface area contributed by atoms with E-state index >= 15 is 0 Å². The molecule has 0 radical (unpaired) electrons. The standard InChI is InChI=1S/C12H21N3O5/c1-5-18-11(17)15-9(16)14-10-13-6-8(20-10)7-19-12(2,3)4/h8H,5-7H2,1-4H3,(H2,13,14,15,16,17). The molecular formula is C12H21N3O5. The first-order valence-electron chi connectivity index (χ1n) is 6.40. The first-order chi connectivity index (χ1) is 9.30. The molecule has 0 aromatic carbocycles. The Bertz CT molecular complexity index is 389. The minimum Gasteiger partial charge on any atom is -0.457 e. The molecule has 8 nitrogen and oxygen atoms in total. The van der Waals surface area contributed by atoms with Crippen LogP contribution < -0.4 is 10.6 Å². The fourth-order valence-corrected chi connectivity index (χ4v) is 1.30. The average Bonchev–Trinajstić information content (AvgIpc) is 2.73. The highest BCUT2D eigenvalue weighted by molar-refractivity contribution is 6.00. The van der Waals surface area contributed by atoms with Gasteiger partial charge in [0.05, 0.1) is 25.4 Å². The summed E-state index contributed by atoms with van der Waals surface area (Å²) in [6, 6.07) is -0.686. The number of nitrogens with one attached hydrogen (secondary N) is 2. The van der Waals surface area contributed by atoms with Gasteiger partial charge in [0.15, 0.2) is 0 Å². The van der Waals surface area contributed by atoms with Gasteiger partial charge in [0.1, 0.15) is 6.10 Å². The second kappa shape index (κ2) is 7.09. The van der Waals surface area contributed by atoms with E-state index in [2.05, 4.69) is 15.0 Å². The van der Waals surface area contributed by atoms with Crippen LogP contribution in [0.5, 0.6) is 0 Å². The van der Waals surface area contributed by atoms with Crippen molar-refractivity contribution in [2.45, 2.75) is 39.4 Å². The van der Waals surface area contributed by atoms with Gasteiger partial charge in [0.25, 0.3) is 6.02 Å². The molecule has 0 aromatic heterocycles. The van der Waals surface area contributed by atoms with Crippen LogP contribution >= 0.6 is 0 Å². The van der Waals surface area contributed by atoms with E-state index in [9.17, 15) is 9.59 Å². The smallest absolute Gasteiger partial charge is 0.415 e. The third-order valence-corrected chi connectivity index (χ3v) is 2.13. The van der Waals surface area contributed by atoms with Crippen molar-refractivity contribution in [3.63, 3.8) is 0 Å². The second-order valence-electron chi connectivity index (χ2n) is 5.11. The van der Waals surface area contributed by atoms with Gasteiger partial charge in [-0.3, -0.25) is 5.32 Å². The first-order valence-corrected chi connectivity index (χ1v) is 6.40. The number of amidine groups is 1. The fourth-order valence-electron chi connectivity index (χ4n) is 1.30. The van der Waals surface area contributed by atoms with Crippen molar-refractivity contribution >= 4 is 18.1 Å². The Morgan fingerprint density at radius 3 is 2.75 bits per heavy atom. The Labute approximate surface area is 117 Å². The quantitative estimate of drug-likeness (QED) is 0.807. The van der Waals surface area contributed by atoms with Crippen LogP contribution in [0.1, 0.15) is 27.7 Å². The van der Waals surface area contributed by atoms with Gasteiger partial charge in [0, 0.05) is 0 Å². The van der Waals surface area contributed by atoms with Gasteiger partial charge < -0.3 is 14.2 Å². The summed E-state index contributed by atoms with van der Waals surface area (Å²) in [6.45, 7) is 8.41. The average molecular weight is 287 g/mol. The van der Waals surface area contributed by atoms with E-state index in [1.807, 2.05) is 26.1 Å². The molecule has 0 fully saturated rings. The highest BCUT2D eigenvalue weighted by Crippen LogP contribution is 2.11.